The van der Waals surface area contributed by atoms with E-state index in [0.717, 1.165) is 0 Å². The van der Waals surface area contributed by atoms with Crippen molar-refractivity contribution in [2.24, 2.45) is 0 Å². The molecule has 1 aromatic carbocycles. The van der Waals surface area contributed by atoms with Crippen molar-refractivity contribution in [3.63, 3.8) is 0 Å². The van der Waals surface area contributed by atoms with Gasteiger partial charge < -0.3 is 4.52 Å². The van der Waals surface area contributed by atoms with Crippen LogP contribution in [0.25, 0.3) is 22.4 Å². The summed E-state index contributed by atoms with van der Waals surface area (Å²) < 4.78 is 31.2. The van der Waals surface area contributed by atoms with E-state index in [2.05, 4.69) is 9.51 Å². The fraction of sp³-hybridized carbons (Fsp3) is 0. The third-order valence-electron chi connectivity index (χ3n) is 2.87. The minimum Gasteiger partial charge on any atom is -0.305 e. The van der Waals surface area contributed by atoms with E-state index in [0.29, 0.717) is 11.1 Å². The van der Waals surface area contributed by atoms with E-state index in [9.17, 15) is 13.7 Å². The Kier molecular flexibility index (Phi) is 2.90. The third-order valence-corrected chi connectivity index (χ3v) is 2.87. The van der Waals surface area contributed by atoms with Gasteiger partial charge in [0.1, 0.15) is 11.5 Å². The number of nitrogens with zero attached hydrogens (tertiary/aromatic N) is 2. The largest absolute Gasteiger partial charge is 0.369 e. The van der Waals surface area contributed by atoms with Gasteiger partial charge in [-0.1, -0.05) is 16.6 Å². The summed E-state index contributed by atoms with van der Waals surface area (Å²) in [7, 11) is 0. The molecule has 0 N–H and O–H groups in total. The predicted molar refractivity (Wildman–Crippen MR) is 68.1 cm³/mol. The van der Waals surface area contributed by atoms with Gasteiger partial charge in [-0.2, -0.15) is 0 Å². The van der Waals surface area contributed by atoms with Crippen LogP contribution in [0, 0.1) is 5.82 Å². The Balaban J connectivity index is 2.26. The Morgan fingerprint density at radius 2 is 1.65 bits per heavy atom. The van der Waals surface area contributed by atoms with Crippen molar-refractivity contribution in [2.75, 3.05) is 0 Å². The van der Waals surface area contributed by atoms with Crippen molar-refractivity contribution in [3.05, 3.63) is 65.0 Å². The van der Waals surface area contributed by atoms with E-state index in [1.807, 2.05) is 0 Å². The smallest absolute Gasteiger partial charge is 0.305 e. The molecule has 2 heterocycles. The molecule has 0 saturated heterocycles. The van der Waals surface area contributed by atoms with Crippen LogP contribution in [0.15, 0.2) is 58.1 Å². The molecule has 0 unspecified atom stereocenters. The third kappa shape index (κ3) is 2.01. The topological polar surface area (TPSA) is 48.0 Å². The Morgan fingerprint density at radius 1 is 1.00 bits per heavy atom. The van der Waals surface area contributed by atoms with Gasteiger partial charge >= 0.3 is 5.63 Å². The van der Waals surface area contributed by atoms with Crippen LogP contribution >= 0.6 is 0 Å². The zero-order valence-corrected chi connectivity index (χ0v) is 10.1. The molecule has 3 aromatic rings. The van der Waals surface area contributed by atoms with Crippen molar-refractivity contribution in [1.82, 2.24) is 9.95 Å². The number of hydrogen-bond acceptors (Lipinski definition) is 3. The molecule has 0 fully saturated rings. The lowest BCUT2D eigenvalue weighted by molar-refractivity contribution is 0.109. The molecule has 0 aliphatic carbocycles. The van der Waals surface area contributed by atoms with Gasteiger partial charge in [-0.15, -0.1) is 0 Å². The van der Waals surface area contributed by atoms with E-state index >= 15 is 0 Å². The molecule has 100 valence electrons. The van der Waals surface area contributed by atoms with Gasteiger partial charge in [-0.05, 0) is 34.8 Å². The highest BCUT2D eigenvalue weighted by Gasteiger charge is 2.20. The fourth-order valence-electron chi connectivity index (χ4n) is 1.98. The van der Waals surface area contributed by atoms with E-state index in [1.54, 1.807) is 12.1 Å². The Morgan fingerprint density at radius 3 is 2.30 bits per heavy atom. The molecular formula is C14H8F2N2O2. The minimum atomic E-state index is -0.828. The molecule has 4 nitrogen and oxygen atoms in total. The first-order chi connectivity index (χ1) is 9.66. The van der Waals surface area contributed by atoms with E-state index in [-0.39, 0.29) is 16.2 Å². The van der Waals surface area contributed by atoms with E-state index in [4.69, 9.17) is 0 Å². The zero-order valence-electron chi connectivity index (χ0n) is 10.1. The summed E-state index contributed by atoms with van der Waals surface area (Å²) in [6.45, 7) is 0. The monoisotopic (exact) mass is 274 g/mol. The second kappa shape index (κ2) is 4.73. The maximum absolute atomic E-state index is 13.8. The Labute approximate surface area is 111 Å². The summed E-state index contributed by atoms with van der Waals surface area (Å²) >= 11 is 0. The standard InChI is InChI=1S/C14H8F2N2O2/c15-11-3-1-9(2-4-11)12-13(18(16)20-14(12)19)10-5-7-17-8-6-10/h1-8H. The van der Waals surface area contributed by atoms with Crippen LogP contribution in [0.2, 0.25) is 0 Å². The minimum absolute atomic E-state index is 0.0241. The number of rotatable bonds is 2. The summed E-state index contributed by atoms with van der Waals surface area (Å²) in [5.74, 6) is -0.441. The van der Waals surface area contributed by atoms with Crippen LogP contribution < -0.4 is 5.63 Å². The highest BCUT2D eigenvalue weighted by Crippen LogP contribution is 2.30. The summed E-state index contributed by atoms with van der Waals surface area (Å²) in [5, 5.41) is 0. The summed E-state index contributed by atoms with van der Waals surface area (Å²) in [6.07, 6.45) is 2.95. The number of halogens is 2. The predicted octanol–water partition coefficient (Wildman–Crippen LogP) is 3.04. The van der Waals surface area contributed by atoms with Crippen molar-refractivity contribution in [2.45, 2.75) is 0 Å². The second-order valence-electron chi connectivity index (χ2n) is 4.09. The van der Waals surface area contributed by atoms with Gasteiger partial charge in [0, 0.05) is 18.0 Å². The van der Waals surface area contributed by atoms with Crippen LogP contribution in [-0.4, -0.2) is 9.95 Å². The molecule has 20 heavy (non-hydrogen) atoms. The van der Waals surface area contributed by atoms with Gasteiger partial charge in [-0.25, -0.2) is 9.18 Å². The number of pyridine rings is 1. The molecule has 3 rings (SSSR count). The fourth-order valence-corrected chi connectivity index (χ4v) is 1.98. The number of benzene rings is 1. The molecule has 0 amide bonds. The normalized spacial score (nSPS) is 10.7. The van der Waals surface area contributed by atoms with Crippen LogP contribution in [0.1, 0.15) is 0 Å². The van der Waals surface area contributed by atoms with Crippen molar-refractivity contribution < 1.29 is 13.4 Å². The highest BCUT2D eigenvalue weighted by atomic mass is 19.2. The molecule has 6 heteroatoms. The first-order valence-electron chi connectivity index (χ1n) is 5.75. The molecule has 0 saturated carbocycles. The van der Waals surface area contributed by atoms with Crippen molar-refractivity contribution in [1.29, 1.82) is 0 Å². The maximum atomic E-state index is 13.8. The van der Waals surface area contributed by atoms with Gasteiger partial charge in [0.15, 0.2) is 0 Å². The number of aromatic nitrogens is 2. The Bertz CT molecular complexity index is 792. The highest BCUT2D eigenvalue weighted by molar-refractivity contribution is 5.79. The number of hydrogen-bond donors (Lipinski definition) is 0. The van der Waals surface area contributed by atoms with E-state index in [1.165, 1.54) is 36.7 Å². The summed E-state index contributed by atoms with van der Waals surface area (Å²) in [5.41, 5.74) is 0.00432. The maximum Gasteiger partial charge on any atom is 0.369 e. The average molecular weight is 274 g/mol. The van der Waals surface area contributed by atoms with Crippen molar-refractivity contribution in [3.8, 4) is 22.4 Å². The van der Waals surface area contributed by atoms with Gasteiger partial charge in [0.2, 0.25) is 0 Å². The first-order valence-corrected chi connectivity index (χ1v) is 5.75. The van der Waals surface area contributed by atoms with Gasteiger partial charge in [0.05, 0.1) is 5.56 Å². The summed E-state index contributed by atoms with van der Waals surface area (Å²) in [4.78, 5) is 15.5. The van der Waals surface area contributed by atoms with Crippen LogP contribution in [-0.2, 0) is 0 Å². The van der Waals surface area contributed by atoms with Crippen LogP contribution in [0.5, 0.6) is 0 Å². The molecular weight excluding hydrogens is 266 g/mol. The molecule has 0 aliphatic rings. The summed E-state index contributed by atoms with van der Waals surface area (Å²) in [6, 6.07) is 8.28. The Hall–Kier alpha value is -2.76. The van der Waals surface area contributed by atoms with Gasteiger partial charge in [-0.3, -0.25) is 4.98 Å². The SMILES string of the molecule is O=c1on(F)c(-c2ccncc2)c1-c1ccc(F)cc1. The average Bonchev–Trinajstić information content (AvgIpc) is 2.75. The lowest BCUT2D eigenvalue weighted by atomic mass is 10.0. The van der Waals surface area contributed by atoms with E-state index < -0.39 is 11.4 Å². The lowest BCUT2D eigenvalue weighted by Gasteiger charge is -2.02. The van der Waals surface area contributed by atoms with Crippen LogP contribution in [0.3, 0.4) is 0 Å². The van der Waals surface area contributed by atoms with Crippen molar-refractivity contribution >= 4 is 0 Å². The quantitative estimate of drug-likeness (QED) is 0.721. The van der Waals surface area contributed by atoms with Crippen LogP contribution in [0.4, 0.5) is 8.87 Å². The molecule has 0 bridgehead atoms. The molecule has 0 spiro atoms. The molecule has 2 aromatic heterocycles. The zero-order chi connectivity index (χ0) is 14.1. The second-order valence-corrected chi connectivity index (χ2v) is 4.09. The first kappa shape index (κ1) is 12.3. The molecule has 0 aliphatic heterocycles. The molecule has 0 atom stereocenters. The lowest BCUT2D eigenvalue weighted by Crippen LogP contribution is -1.97. The van der Waals surface area contributed by atoms with Gasteiger partial charge in [0.25, 0.3) is 0 Å². The molecule has 0 radical (unpaired) electrons.